The van der Waals surface area contributed by atoms with Crippen LogP contribution in [-0.4, -0.2) is 37.0 Å². The number of hydrogen-bond donors (Lipinski definition) is 2. The van der Waals surface area contributed by atoms with Gasteiger partial charge in [-0.3, -0.25) is 14.0 Å². The molecule has 10 heteroatoms. The van der Waals surface area contributed by atoms with E-state index in [1.807, 2.05) is 54.6 Å². The van der Waals surface area contributed by atoms with Crippen molar-refractivity contribution in [3.8, 4) is 16.9 Å². The fraction of sp³-hybridized carbons (Fsp3) is 0.378. The molecule has 2 aromatic carbocycles. The highest BCUT2D eigenvalue weighted by Gasteiger charge is 2.23. The second-order valence-electron chi connectivity index (χ2n) is 12.4. The highest BCUT2D eigenvalue weighted by atomic mass is 16.5. The zero-order valence-electron chi connectivity index (χ0n) is 28.0. The Bertz CT molecular complexity index is 1840. The van der Waals surface area contributed by atoms with Crippen LogP contribution in [0, 0.1) is 0 Å². The number of ether oxygens (including phenoxy) is 1. The molecule has 47 heavy (non-hydrogen) atoms. The number of aromatic nitrogens is 5. The normalized spacial score (nSPS) is 11.4. The van der Waals surface area contributed by atoms with Crippen LogP contribution in [0.25, 0.3) is 22.2 Å². The summed E-state index contributed by atoms with van der Waals surface area (Å²) in [5.41, 5.74) is 4.72. The van der Waals surface area contributed by atoms with Crippen molar-refractivity contribution >= 4 is 28.4 Å². The number of benzene rings is 2. The van der Waals surface area contributed by atoms with Gasteiger partial charge in [0.2, 0.25) is 0 Å². The molecule has 0 spiro atoms. The predicted octanol–water partition coefficient (Wildman–Crippen LogP) is 8.21. The van der Waals surface area contributed by atoms with E-state index in [1.54, 1.807) is 21.8 Å². The number of fused-ring (bicyclic) bond motifs is 1. The molecule has 5 rings (SSSR count). The van der Waals surface area contributed by atoms with Crippen LogP contribution in [0.2, 0.25) is 0 Å². The van der Waals surface area contributed by atoms with Crippen LogP contribution in [0.15, 0.2) is 78.2 Å². The summed E-state index contributed by atoms with van der Waals surface area (Å²) in [6.07, 6.45) is 8.39. The summed E-state index contributed by atoms with van der Waals surface area (Å²) in [5.74, 6) is 1.07. The largest absolute Gasteiger partial charge is 0.494 e. The van der Waals surface area contributed by atoms with Gasteiger partial charge in [0.05, 0.1) is 6.61 Å². The second-order valence-corrected chi connectivity index (χ2v) is 12.4. The Kier molecular flexibility index (Phi) is 11.0. The number of hydrogen-bond acceptors (Lipinski definition) is 6. The fourth-order valence-electron chi connectivity index (χ4n) is 5.83. The van der Waals surface area contributed by atoms with Crippen molar-refractivity contribution in [1.82, 2.24) is 24.3 Å². The summed E-state index contributed by atoms with van der Waals surface area (Å²) in [4.78, 5) is 36.8. The van der Waals surface area contributed by atoms with Gasteiger partial charge in [0.1, 0.15) is 29.7 Å². The molecule has 3 heterocycles. The molecular weight excluding hydrogens is 590 g/mol. The van der Waals surface area contributed by atoms with Crippen LogP contribution in [0.1, 0.15) is 83.3 Å². The maximum atomic E-state index is 14.3. The Labute approximate surface area is 276 Å². The van der Waals surface area contributed by atoms with Gasteiger partial charge in [0.15, 0.2) is 0 Å². The Balaban J connectivity index is 1.51. The molecule has 0 fully saturated rings. The van der Waals surface area contributed by atoms with Crippen LogP contribution in [-0.2, 0) is 13.1 Å². The SMILES string of the molecule is CCCCn1c(=O)c(NC(=O)Nc2c(C(C)C)cccc2C(C)C)c(-c2cccc(OCCCCn3cncn3)c2)c2cccnc21. The Hall–Kier alpha value is -4.99. The second kappa shape index (κ2) is 15.5. The molecule has 0 radical (unpaired) electrons. The number of carbonyl (C=O) groups is 1. The quantitative estimate of drug-likeness (QED) is 0.119. The van der Waals surface area contributed by atoms with Crippen molar-refractivity contribution in [3.05, 3.63) is 94.9 Å². The average molecular weight is 636 g/mol. The molecule has 10 nitrogen and oxygen atoms in total. The van der Waals surface area contributed by atoms with Crippen molar-refractivity contribution in [2.45, 2.75) is 85.2 Å². The minimum Gasteiger partial charge on any atom is -0.494 e. The predicted molar refractivity (Wildman–Crippen MR) is 188 cm³/mol. The number of anilines is 2. The molecule has 246 valence electrons. The van der Waals surface area contributed by atoms with Gasteiger partial charge in [-0.25, -0.2) is 14.8 Å². The molecule has 3 aromatic heterocycles. The molecule has 0 unspecified atom stereocenters. The zero-order chi connectivity index (χ0) is 33.3. The van der Waals surface area contributed by atoms with Gasteiger partial charge in [-0.15, -0.1) is 0 Å². The number of urea groups is 1. The van der Waals surface area contributed by atoms with E-state index < -0.39 is 6.03 Å². The number of pyridine rings is 2. The number of unbranched alkanes of at least 4 members (excludes halogenated alkanes) is 2. The van der Waals surface area contributed by atoms with E-state index in [0.717, 1.165) is 60.0 Å². The molecule has 5 aromatic rings. The third-order valence-corrected chi connectivity index (χ3v) is 8.25. The van der Waals surface area contributed by atoms with Gasteiger partial charge in [-0.2, -0.15) is 5.10 Å². The molecule has 0 saturated heterocycles. The lowest BCUT2D eigenvalue weighted by molar-refractivity contribution is 0.262. The van der Waals surface area contributed by atoms with Crippen molar-refractivity contribution in [2.75, 3.05) is 17.2 Å². The topological polar surface area (TPSA) is 116 Å². The molecular formula is C37H45N7O3. The number of aryl methyl sites for hydroxylation is 2. The summed E-state index contributed by atoms with van der Waals surface area (Å²) >= 11 is 0. The molecule has 0 atom stereocenters. The average Bonchev–Trinajstić information content (AvgIpc) is 3.58. The Morgan fingerprint density at radius 3 is 2.34 bits per heavy atom. The number of nitrogens with zero attached hydrogens (tertiary/aromatic N) is 5. The van der Waals surface area contributed by atoms with Crippen LogP contribution < -0.4 is 20.9 Å². The van der Waals surface area contributed by atoms with Gasteiger partial charge in [0, 0.05) is 35.9 Å². The molecule has 0 bridgehead atoms. The van der Waals surface area contributed by atoms with Gasteiger partial charge >= 0.3 is 6.03 Å². The van der Waals surface area contributed by atoms with Crippen LogP contribution in [0.5, 0.6) is 5.75 Å². The van der Waals surface area contributed by atoms with Gasteiger partial charge < -0.3 is 15.4 Å². The first kappa shape index (κ1) is 33.4. The van der Waals surface area contributed by atoms with Crippen LogP contribution >= 0.6 is 0 Å². The van der Waals surface area contributed by atoms with E-state index in [4.69, 9.17) is 4.74 Å². The first-order valence-corrected chi connectivity index (χ1v) is 16.6. The van der Waals surface area contributed by atoms with E-state index in [2.05, 4.69) is 60.3 Å². The third kappa shape index (κ3) is 7.88. The number of rotatable bonds is 14. The van der Waals surface area contributed by atoms with Crippen LogP contribution in [0.3, 0.4) is 0 Å². The monoisotopic (exact) mass is 635 g/mol. The number of amides is 2. The first-order valence-electron chi connectivity index (χ1n) is 16.6. The lowest BCUT2D eigenvalue weighted by Gasteiger charge is -2.22. The Morgan fingerprint density at radius 1 is 0.894 bits per heavy atom. The molecule has 0 aliphatic rings. The molecule has 0 saturated carbocycles. The number of para-hydroxylation sites is 1. The van der Waals surface area contributed by atoms with E-state index in [9.17, 15) is 9.59 Å². The maximum absolute atomic E-state index is 14.3. The lowest BCUT2D eigenvalue weighted by Crippen LogP contribution is -2.30. The highest BCUT2D eigenvalue weighted by molar-refractivity contribution is 6.07. The zero-order valence-corrected chi connectivity index (χ0v) is 28.0. The highest BCUT2D eigenvalue weighted by Crippen LogP contribution is 2.36. The van der Waals surface area contributed by atoms with Gasteiger partial charge in [0.25, 0.3) is 5.56 Å². The van der Waals surface area contributed by atoms with Crippen molar-refractivity contribution in [3.63, 3.8) is 0 Å². The van der Waals surface area contributed by atoms with E-state index >= 15 is 0 Å². The molecule has 2 amide bonds. The summed E-state index contributed by atoms with van der Waals surface area (Å²) < 4.78 is 9.61. The summed E-state index contributed by atoms with van der Waals surface area (Å²) in [6, 6.07) is 17.1. The van der Waals surface area contributed by atoms with Gasteiger partial charge in [-0.1, -0.05) is 71.4 Å². The minimum absolute atomic E-state index is 0.197. The Morgan fingerprint density at radius 2 is 1.64 bits per heavy atom. The summed E-state index contributed by atoms with van der Waals surface area (Å²) in [6.45, 7) is 12.3. The van der Waals surface area contributed by atoms with Gasteiger partial charge in [-0.05, 0) is 72.1 Å². The smallest absolute Gasteiger partial charge is 0.323 e. The number of carbonyl (C=O) groups excluding carboxylic acids is 1. The maximum Gasteiger partial charge on any atom is 0.323 e. The summed E-state index contributed by atoms with van der Waals surface area (Å²) in [5, 5.41) is 11.0. The van der Waals surface area contributed by atoms with Crippen LogP contribution in [0.4, 0.5) is 16.2 Å². The fourth-order valence-corrected chi connectivity index (χ4v) is 5.83. The molecule has 0 aliphatic carbocycles. The molecule has 2 N–H and O–H groups in total. The number of nitrogens with one attached hydrogen (secondary N) is 2. The third-order valence-electron chi connectivity index (χ3n) is 8.25. The van der Waals surface area contributed by atoms with Crippen molar-refractivity contribution in [1.29, 1.82) is 0 Å². The standard InChI is InChI=1S/C37H45N7O3/c1-6-7-20-44-35-31(17-12-18-39-35)32(27-13-10-14-28(22-27)47-21-9-8-19-43-24-38-23-40-43)34(36(44)45)42-37(46)41-33-29(25(2)3)15-11-16-30(33)26(4)5/h10-18,22-26H,6-9,19-21H2,1-5H3,(H2,41,42,46). The lowest BCUT2D eigenvalue weighted by atomic mass is 9.93. The van der Waals surface area contributed by atoms with Crippen molar-refractivity contribution in [2.24, 2.45) is 0 Å². The minimum atomic E-state index is -0.469. The van der Waals surface area contributed by atoms with E-state index in [1.165, 1.54) is 6.33 Å². The molecule has 0 aliphatic heterocycles. The van der Waals surface area contributed by atoms with Crippen molar-refractivity contribution < 1.29 is 9.53 Å². The van der Waals surface area contributed by atoms with E-state index in [0.29, 0.717) is 30.1 Å². The first-order chi connectivity index (χ1) is 22.8. The van der Waals surface area contributed by atoms with E-state index in [-0.39, 0.29) is 23.1 Å². The summed E-state index contributed by atoms with van der Waals surface area (Å²) in [7, 11) is 0.